The van der Waals surface area contributed by atoms with Crippen LogP contribution >= 0.6 is 11.3 Å². The molecule has 1 aromatic carbocycles. The number of aromatic nitrogens is 3. The van der Waals surface area contributed by atoms with Crippen molar-refractivity contribution in [1.29, 1.82) is 0 Å². The molecule has 3 aromatic rings. The molecule has 5 N–H and O–H groups in total. The number of carbonyl (C=O) groups is 1. The lowest BCUT2D eigenvalue weighted by molar-refractivity contribution is 0.00778. The number of hydrogen-bond acceptors (Lipinski definition) is 11. The first-order valence-corrected chi connectivity index (χ1v) is 13.1. The number of nitrogens with one attached hydrogen (secondary N) is 1. The van der Waals surface area contributed by atoms with Crippen LogP contribution in [0.1, 0.15) is 38.6 Å². The quantitative estimate of drug-likeness (QED) is 0.296. The fourth-order valence-electron chi connectivity index (χ4n) is 4.04. The molecule has 186 valence electrons. The Morgan fingerprint density at radius 3 is 2.86 bits per heavy atom. The van der Waals surface area contributed by atoms with Crippen LogP contribution in [0.25, 0.3) is 0 Å². The van der Waals surface area contributed by atoms with Gasteiger partial charge in [0.25, 0.3) is 0 Å². The van der Waals surface area contributed by atoms with E-state index >= 15 is 0 Å². The molecule has 2 aromatic heterocycles. The van der Waals surface area contributed by atoms with Gasteiger partial charge in [-0.3, -0.25) is 8.98 Å². The van der Waals surface area contributed by atoms with Crippen molar-refractivity contribution in [2.75, 3.05) is 11.9 Å². The molecule has 1 aliphatic rings. The highest BCUT2D eigenvalue weighted by molar-refractivity contribution is 7.84. The molecule has 0 saturated heterocycles. The van der Waals surface area contributed by atoms with Crippen LogP contribution < -0.4 is 10.5 Å². The number of aryl methyl sites for hydroxylation is 1. The second-order valence-electron chi connectivity index (χ2n) is 8.43. The molecule has 13 heteroatoms. The van der Waals surface area contributed by atoms with Crippen LogP contribution in [0.2, 0.25) is 0 Å². The smallest absolute Gasteiger partial charge is 0.333 e. The maximum absolute atomic E-state index is 13.2. The second-order valence-corrected chi connectivity index (χ2v) is 10.5. The number of benzene rings is 1. The summed E-state index contributed by atoms with van der Waals surface area (Å²) in [5.74, 6) is -0.898. The molecule has 0 aliphatic heterocycles. The van der Waals surface area contributed by atoms with E-state index in [9.17, 15) is 23.4 Å². The lowest BCUT2D eigenvalue weighted by Crippen LogP contribution is -2.36. The van der Waals surface area contributed by atoms with Crippen molar-refractivity contribution in [3.8, 4) is 0 Å². The maximum Gasteiger partial charge on any atom is 0.333 e. The molecule has 4 rings (SSSR count). The largest absolute Gasteiger partial charge is 0.390 e. The Balaban J connectivity index is 1.47. The molecule has 2 heterocycles. The first-order chi connectivity index (χ1) is 16.6. The fourth-order valence-corrected chi connectivity index (χ4v) is 5.18. The monoisotopic (exact) mass is 519 g/mol. The molecule has 0 unspecified atom stereocenters. The third-order valence-electron chi connectivity index (χ3n) is 5.74. The zero-order valence-electron chi connectivity index (χ0n) is 18.7. The van der Waals surface area contributed by atoms with Crippen LogP contribution in [-0.2, 0) is 20.9 Å². The van der Waals surface area contributed by atoms with Crippen molar-refractivity contribution in [2.45, 2.75) is 38.0 Å². The minimum atomic E-state index is -4.18. The summed E-state index contributed by atoms with van der Waals surface area (Å²) in [6.45, 7) is 1.63. The number of carbonyl (C=O) groups excluding carboxylic acids is 1. The van der Waals surface area contributed by atoms with E-state index in [4.69, 9.17) is 5.14 Å². The molecule has 0 spiro atoms. The molecular formula is C22H25N5O6S2. The number of anilines is 1. The van der Waals surface area contributed by atoms with Crippen molar-refractivity contribution in [2.24, 2.45) is 11.1 Å². The first-order valence-electron chi connectivity index (χ1n) is 10.7. The number of nitrogens with zero attached hydrogens (tertiary/aromatic N) is 3. The Bertz CT molecular complexity index is 1310. The molecular weight excluding hydrogens is 494 g/mol. The Morgan fingerprint density at radius 2 is 2.11 bits per heavy atom. The van der Waals surface area contributed by atoms with E-state index in [1.54, 1.807) is 0 Å². The number of ketones is 1. The van der Waals surface area contributed by atoms with E-state index in [1.165, 1.54) is 23.9 Å². The van der Waals surface area contributed by atoms with Crippen molar-refractivity contribution >= 4 is 33.2 Å². The number of thiazole rings is 1. The molecule has 0 amide bonds. The predicted molar refractivity (Wildman–Crippen MR) is 128 cm³/mol. The number of aliphatic hydroxyl groups is 2. The Labute approximate surface area is 206 Å². The number of nitrogens with two attached hydrogens (primary N) is 1. The van der Waals surface area contributed by atoms with Gasteiger partial charge in [0.05, 0.1) is 30.0 Å². The Morgan fingerprint density at radius 1 is 1.31 bits per heavy atom. The summed E-state index contributed by atoms with van der Waals surface area (Å²) in [6.07, 6.45) is 0.868. The van der Waals surface area contributed by atoms with Gasteiger partial charge in [-0.2, -0.15) is 8.42 Å². The van der Waals surface area contributed by atoms with E-state index in [-0.39, 0.29) is 35.2 Å². The minimum absolute atomic E-state index is 0.160. The van der Waals surface area contributed by atoms with Crippen LogP contribution in [0, 0.1) is 12.8 Å². The average Bonchev–Trinajstić information content (AvgIpc) is 3.37. The summed E-state index contributed by atoms with van der Waals surface area (Å²) in [4.78, 5) is 25.8. The first kappa shape index (κ1) is 25.3. The van der Waals surface area contributed by atoms with Crippen molar-refractivity contribution in [3.63, 3.8) is 0 Å². The summed E-state index contributed by atoms with van der Waals surface area (Å²) in [7, 11) is -4.18. The number of aliphatic hydroxyl groups excluding tert-OH is 2. The maximum atomic E-state index is 13.2. The predicted octanol–water partition coefficient (Wildman–Crippen LogP) is 0.806. The number of rotatable bonds is 9. The zero-order valence-corrected chi connectivity index (χ0v) is 20.4. The van der Waals surface area contributed by atoms with Gasteiger partial charge in [-0.15, -0.1) is 11.3 Å². The molecule has 1 fully saturated rings. The van der Waals surface area contributed by atoms with Gasteiger partial charge in [-0.25, -0.2) is 20.1 Å². The van der Waals surface area contributed by atoms with Gasteiger partial charge >= 0.3 is 10.3 Å². The lowest BCUT2D eigenvalue weighted by Gasteiger charge is -2.19. The topological polar surface area (TPSA) is 178 Å². The third-order valence-corrected chi connectivity index (χ3v) is 7.10. The highest BCUT2D eigenvalue weighted by atomic mass is 32.2. The SMILES string of the molecule is Cc1cccc(Cc2csc(C(=O)c3cncnc3N[C@@H]3C[C@H](COS(N)(=O)=O)[C@@H](O)[C@H]3O)n2)c1. The van der Waals surface area contributed by atoms with Gasteiger partial charge in [0, 0.05) is 23.9 Å². The normalized spacial score (nSPS) is 22.3. The van der Waals surface area contributed by atoms with Gasteiger partial charge in [0.2, 0.25) is 5.78 Å². The van der Waals surface area contributed by atoms with E-state index in [0.717, 1.165) is 16.8 Å². The Kier molecular flexibility index (Phi) is 7.54. The van der Waals surface area contributed by atoms with Gasteiger partial charge < -0.3 is 15.5 Å². The molecule has 0 radical (unpaired) electrons. The second kappa shape index (κ2) is 10.4. The van der Waals surface area contributed by atoms with Crippen LogP contribution in [-0.4, -0.2) is 64.2 Å². The van der Waals surface area contributed by atoms with E-state index in [2.05, 4.69) is 30.5 Å². The van der Waals surface area contributed by atoms with Gasteiger partial charge in [0.15, 0.2) is 5.01 Å². The summed E-state index contributed by atoms with van der Waals surface area (Å²) in [5.41, 5.74) is 3.16. The van der Waals surface area contributed by atoms with E-state index < -0.39 is 34.5 Å². The molecule has 11 nitrogen and oxygen atoms in total. The Hall–Kier alpha value is -2.81. The van der Waals surface area contributed by atoms with Gasteiger partial charge in [-0.1, -0.05) is 29.8 Å². The summed E-state index contributed by atoms with van der Waals surface area (Å²) in [6, 6.07) is 7.34. The molecule has 4 atom stereocenters. The summed E-state index contributed by atoms with van der Waals surface area (Å²) in [5, 5.41) is 30.7. The van der Waals surface area contributed by atoms with Crippen LogP contribution in [0.5, 0.6) is 0 Å². The minimum Gasteiger partial charge on any atom is -0.390 e. The average molecular weight is 520 g/mol. The number of hydrogen-bond donors (Lipinski definition) is 4. The molecule has 1 saturated carbocycles. The summed E-state index contributed by atoms with van der Waals surface area (Å²) < 4.78 is 26.7. The lowest BCUT2D eigenvalue weighted by atomic mass is 10.1. The van der Waals surface area contributed by atoms with E-state index in [1.807, 2.05) is 30.5 Å². The highest BCUT2D eigenvalue weighted by Gasteiger charge is 2.42. The van der Waals surface area contributed by atoms with Gasteiger partial charge in [-0.05, 0) is 18.9 Å². The molecule has 1 aliphatic carbocycles. The van der Waals surface area contributed by atoms with E-state index in [0.29, 0.717) is 6.42 Å². The van der Waals surface area contributed by atoms with Crippen LogP contribution in [0.3, 0.4) is 0 Å². The third kappa shape index (κ3) is 6.25. The highest BCUT2D eigenvalue weighted by Crippen LogP contribution is 2.30. The zero-order chi connectivity index (χ0) is 25.2. The van der Waals surface area contributed by atoms with Crippen molar-refractivity contribution in [1.82, 2.24) is 15.0 Å². The van der Waals surface area contributed by atoms with Crippen LogP contribution in [0.15, 0.2) is 42.2 Å². The standard InChI is InChI=1S/C22H25N5O6S2/c1-12-3-2-4-13(5-12)6-15-10-34-22(26-15)19(29)16-8-24-11-25-21(16)27-17-7-14(18(28)20(17)30)9-33-35(23,31)32/h2-5,8,10-11,14,17-18,20,28,30H,6-7,9H2,1H3,(H2,23,31,32)(H,24,25,27)/t14-,17-,18-,20+/m1/s1. The van der Waals surface area contributed by atoms with Crippen molar-refractivity contribution < 1.29 is 27.6 Å². The fraction of sp³-hybridized carbons (Fsp3) is 0.364. The van der Waals surface area contributed by atoms with Crippen molar-refractivity contribution in [3.05, 3.63) is 69.6 Å². The summed E-state index contributed by atoms with van der Waals surface area (Å²) >= 11 is 1.22. The van der Waals surface area contributed by atoms with Gasteiger partial charge in [0.1, 0.15) is 18.2 Å². The van der Waals surface area contributed by atoms with Crippen LogP contribution in [0.4, 0.5) is 5.82 Å². The molecule has 35 heavy (non-hydrogen) atoms. The molecule has 0 bridgehead atoms.